The van der Waals surface area contributed by atoms with Gasteiger partial charge in [0.2, 0.25) is 35.3 Å². The number of rotatable bonds is 22. The van der Waals surface area contributed by atoms with Crippen molar-refractivity contribution in [3.63, 3.8) is 0 Å². The number of carbonyl (C=O) groups excluding carboxylic acids is 11. The van der Waals surface area contributed by atoms with Crippen LogP contribution in [-0.4, -0.2) is 141 Å². The molecule has 10 amide bonds. The number of nitrogens with one attached hydrogen (secondary N) is 6. The number of amides is 10. The molecular weight excluding hydrogens is 1040 g/mol. The number of nitrogens with zero attached hydrogens (tertiary/aromatic N) is 4. The number of aromatic nitrogens is 2. The summed E-state index contributed by atoms with van der Waals surface area (Å²) in [5.74, 6) is -6.46. The minimum atomic E-state index is -1.11. The molecule has 4 heterocycles. The SMILES string of the molecule is CCC[C@H](NC(=O)[C@@H]1[C@H]2CCC[C@H]2CN1C(=O)[C@@H](NC(=O)[C@@H](NC(=O)c1cnc(C(=O)NCCCCCOc2cc3c4c(cccc4c2)C(=O)N(C2CCC(=O)NC2=O)C3=O)cn1)C1CCCCC1)C(C)(C)C)C(=O)C(=O)NC1CC1. The van der Waals surface area contributed by atoms with Crippen LogP contribution in [0.5, 0.6) is 5.75 Å². The van der Waals surface area contributed by atoms with Crippen LogP contribution in [0.2, 0.25) is 0 Å². The maximum Gasteiger partial charge on any atom is 0.289 e. The summed E-state index contributed by atoms with van der Waals surface area (Å²) in [6.07, 6.45) is 13.1. The van der Waals surface area contributed by atoms with Gasteiger partial charge in [0.15, 0.2) is 0 Å². The summed E-state index contributed by atoms with van der Waals surface area (Å²) in [4.78, 5) is 160. The van der Waals surface area contributed by atoms with E-state index in [-0.39, 0.29) is 72.2 Å². The highest BCUT2D eigenvalue weighted by Crippen LogP contribution is 2.43. The monoisotopic (exact) mass is 1110 g/mol. The Kier molecular flexibility index (Phi) is 17.9. The lowest BCUT2D eigenvalue weighted by atomic mass is 9.82. The third kappa shape index (κ3) is 13.1. The Morgan fingerprint density at radius 2 is 1.52 bits per heavy atom. The number of ether oxygens (including phenoxy) is 1. The molecule has 81 heavy (non-hydrogen) atoms. The van der Waals surface area contributed by atoms with Crippen LogP contribution >= 0.6 is 0 Å². The van der Waals surface area contributed by atoms with Gasteiger partial charge in [-0.3, -0.25) is 63.0 Å². The topological polar surface area (TPSA) is 301 Å². The molecule has 1 aromatic heterocycles. The Bertz CT molecular complexity index is 2990. The zero-order valence-electron chi connectivity index (χ0n) is 46.6. The summed E-state index contributed by atoms with van der Waals surface area (Å²) >= 11 is 0. The first-order chi connectivity index (χ1) is 38.8. The minimum absolute atomic E-state index is 0.00416. The molecule has 6 N–H and O–H groups in total. The van der Waals surface area contributed by atoms with E-state index in [4.69, 9.17) is 4.74 Å². The smallest absolute Gasteiger partial charge is 0.289 e. The second-order valence-electron chi connectivity index (χ2n) is 23.7. The fourth-order valence-electron chi connectivity index (χ4n) is 12.3. The molecule has 6 aliphatic rings. The average molecular weight is 1120 g/mol. The number of hydrogen-bond acceptors (Lipinski definition) is 14. The zero-order valence-corrected chi connectivity index (χ0v) is 46.6. The second-order valence-corrected chi connectivity index (χ2v) is 23.7. The molecule has 2 saturated heterocycles. The quantitative estimate of drug-likeness (QED) is 0.0472. The number of hydrogen-bond donors (Lipinski definition) is 6. The number of piperidine rings is 1. The van der Waals surface area contributed by atoms with E-state index >= 15 is 0 Å². The van der Waals surface area contributed by atoms with Crippen molar-refractivity contribution in [2.45, 2.75) is 173 Å². The number of Topliss-reactive ketones (excluding diaryl/α,β-unsaturated/α-hetero) is 1. The van der Waals surface area contributed by atoms with Crippen LogP contribution in [0.3, 0.4) is 0 Å². The number of unbranched alkanes of at least 4 members (excludes halogenated alkanes) is 2. The van der Waals surface area contributed by atoms with Crippen molar-refractivity contribution in [1.82, 2.24) is 51.7 Å². The number of imide groups is 2. The van der Waals surface area contributed by atoms with Gasteiger partial charge < -0.3 is 36.2 Å². The Morgan fingerprint density at radius 3 is 2.21 bits per heavy atom. The van der Waals surface area contributed by atoms with Gasteiger partial charge in [-0.1, -0.05) is 71.9 Å². The lowest BCUT2D eigenvalue weighted by molar-refractivity contribution is -0.146. The first-order valence-electron chi connectivity index (χ1n) is 28.9. The molecule has 22 nitrogen and oxygen atoms in total. The van der Waals surface area contributed by atoms with Crippen molar-refractivity contribution in [1.29, 1.82) is 0 Å². The normalized spacial score (nSPS) is 22.0. The first kappa shape index (κ1) is 58.0. The molecular formula is C59H74N10O12. The molecule has 3 saturated carbocycles. The van der Waals surface area contributed by atoms with Crippen molar-refractivity contribution < 1.29 is 57.5 Å². The third-order valence-corrected chi connectivity index (χ3v) is 16.7. The lowest BCUT2D eigenvalue weighted by Crippen LogP contribution is -2.62. The maximum absolute atomic E-state index is 14.9. The van der Waals surface area contributed by atoms with Gasteiger partial charge in [-0.15, -0.1) is 0 Å². The summed E-state index contributed by atoms with van der Waals surface area (Å²) in [6.45, 7) is 8.23. The first-order valence-corrected chi connectivity index (χ1v) is 28.9. The molecule has 3 aliphatic heterocycles. The van der Waals surface area contributed by atoms with Gasteiger partial charge in [-0.25, -0.2) is 9.97 Å². The molecule has 7 atom stereocenters. The fourth-order valence-corrected chi connectivity index (χ4v) is 12.3. The Labute approximate surface area is 470 Å². The van der Waals surface area contributed by atoms with Gasteiger partial charge in [0.25, 0.3) is 29.5 Å². The van der Waals surface area contributed by atoms with Crippen LogP contribution in [0, 0.1) is 23.2 Å². The molecule has 9 rings (SSSR count). The number of fused-ring (bicyclic) bond motifs is 1. The molecule has 3 aliphatic carbocycles. The van der Waals surface area contributed by atoms with Crippen molar-refractivity contribution in [2.24, 2.45) is 23.2 Å². The highest BCUT2D eigenvalue weighted by atomic mass is 16.5. The lowest BCUT2D eigenvalue weighted by Gasteiger charge is -2.38. The summed E-state index contributed by atoms with van der Waals surface area (Å²) in [5, 5.41) is 17.6. The zero-order chi connectivity index (χ0) is 57.7. The van der Waals surface area contributed by atoms with Crippen LogP contribution in [0.1, 0.15) is 179 Å². The highest BCUT2D eigenvalue weighted by Gasteiger charge is 2.53. The molecule has 3 aromatic rings. The van der Waals surface area contributed by atoms with Crippen molar-refractivity contribution in [3.05, 3.63) is 65.2 Å². The van der Waals surface area contributed by atoms with Gasteiger partial charge in [0, 0.05) is 36.5 Å². The van der Waals surface area contributed by atoms with Crippen LogP contribution in [-0.2, 0) is 33.6 Å². The summed E-state index contributed by atoms with van der Waals surface area (Å²) < 4.78 is 6.04. The Balaban J connectivity index is 0.776. The number of ketones is 1. The largest absolute Gasteiger partial charge is 0.494 e. The van der Waals surface area contributed by atoms with Crippen LogP contribution in [0.25, 0.3) is 10.8 Å². The predicted octanol–water partition coefficient (Wildman–Crippen LogP) is 3.98. The molecule has 0 bridgehead atoms. The highest BCUT2D eigenvalue weighted by molar-refractivity contribution is 6.38. The molecule has 432 valence electrons. The van der Waals surface area contributed by atoms with Gasteiger partial charge in [-0.05, 0) is 117 Å². The van der Waals surface area contributed by atoms with E-state index in [1.54, 1.807) is 35.2 Å². The van der Waals surface area contributed by atoms with E-state index < -0.39 is 100 Å². The molecule has 22 heteroatoms. The van der Waals surface area contributed by atoms with E-state index in [9.17, 15) is 52.7 Å². The molecule has 0 radical (unpaired) electrons. The van der Waals surface area contributed by atoms with E-state index in [0.29, 0.717) is 74.6 Å². The van der Waals surface area contributed by atoms with Gasteiger partial charge in [0.05, 0.1) is 30.6 Å². The van der Waals surface area contributed by atoms with Gasteiger partial charge in [-0.2, -0.15) is 0 Å². The van der Waals surface area contributed by atoms with Crippen LogP contribution < -0.4 is 36.6 Å². The number of benzene rings is 2. The minimum Gasteiger partial charge on any atom is -0.494 e. The summed E-state index contributed by atoms with van der Waals surface area (Å²) in [5.41, 5.74) is -0.484. The van der Waals surface area contributed by atoms with Crippen molar-refractivity contribution in [2.75, 3.05) is 19.7 Å². The van der Waals surface area contributed by atoms with Gasteiger partial charge in [0.1, 0.15) is 41.3 Å². The van der Waals surface area contributed by atoms with E-state index in [1.807, 2.05) is 27.7 Å². The van der Waals surface area contributed by atoms with Gasteiger partial charge >= 0.3 is 0 Å². The Morgan fingerprint density at radius 1 is 0.790 bits per heavy atom. The van der Waals surface area contributed by atoms with Crippen LogP contribution in [0.15, 0.2) is 42.7 Å². The second kappa shape index (κ2) is 25.0. The molecule has 5 fully saturated rings. The maximum atomic E-state index is 14.9. The Hall–Kier alpha value is -7.65. The van der Waals surface area contributed by atoms with Crippen LogP contribution in [0.4, 0.5) is 0 Å². The molecule has 2 aromatic carbocycles. The van der Waals surface area contributed by atoms with E-state index in [2.05, 4.69) is 41.9 Å². The van der Waals surface area contributed by atoms with E-state index in [1.165, 1.54) is 12.4 Å². The molecule has 1 unspecified atom stereocenters. The average Bonchev–Trinajstić information content (AvgIpc) is 4.11. The summed E-state index contributed by atoms with van der Waals surface area (Å²) in [6, 6.07) is 3.12. The molecule has 0 spiro atoms. The summed E-state index contributed by atoms with van der Waals surface area (Å²) in [7, 11) is 0. The number of likely N-dealkylation sites (tertiary alicyclic amines) is 1. The fraction of sp³-hybridized carbons (Fsp3) is 0.576. The van der Waals surface area contributed by atoms with E-state index in [0.717, 1.165) is 49.8 Å². The third-order valence-electron chi connectivity index (χ3n) is 16.7. The number of carbonyl (C=O) groups is 11. The predicted molar refractivity (Wildman–Crippen MR) is 293 cm³/mol. The van der Waals surface area contributed by atoms with Crippen molar-refractivity contribution in [3.8, 4) is 5.75 Å². The standard InChI is InChI=1S/C59H74N10O12/c1-5-14-40(48(71)55(77)63-35-21-22-35)64-54(76)47-37-19-13-18-34(37)31-68(47)58(80)49(59(2,3)4)67-53(75)46(32-15-8-6-9-16-32)66-51(73)42-30-61-41(29-62-42)50(72)60-25-10-7-11-26-81-36-27-33-17-12-20-38-45(33)39(28-36)57(79)69(56(38)78)43-23-24-44(70)65-52(43)74/h12,17,20,27-30,32,34-35,37,40,43,46-47,49H,5-11,13-16,18-19,21-26,31H2,1-4H3,(H,60,72)(H,63,77)(H,64,76)(H,66,73)(H,67,75)(H,65,70,74)/t34-,37-,40-,43?,46-,47-,49+/m0/s1. The van der Waals surface area contributed by atoms with Crippen molar-refractivity contribution >= 4 is 75.6 Å².